The molecule has 0 spiro atoms. The summed E-state index contributed by atoms with van der Waals surface area (Å²) < 4.78 is 1.88. The monoisotopic (exact) mass is 526 g/mol. The molecule has 3 aromatic rings. The number of carboxylic acid groups (broad SMARTS) is 1. The number of fused-ring (bicyclic) bond motifs is 2. The summed E-state index contributed by atoms with van der Waals surface area (Å²) in [4.78, 5) is 27.5. The van der Waals surface area contributed by atoms with E-state index in [9.17, 15) is 14.7 Å². The number of aromatic nitrogens is 3. The molecule has 3 atom stereocenters. The zero-order valence-electron chi connectivity index (χ0n) is 23.8. The summed E-state index contributed by atoms with van der Waals surface area (Å²) in [5, 5.41) is 18.7. The van der Waals surface area contributed by atoms with Crippen LogP contribution in [-0.4, -0.2) is 43.4 Å². The number of allylic oxidation sites excluding steroid dienone is 1. The van der Waals surface area contributed by atoms with Crippen LogP contribution >= 0.6 is 0 Å². The quantitative estimate of drug-likeness (QED) is 0.437. The Bertz CT molecular complexity index is 1460. The number of aryl methyl sites for hydroxylation is 3. The predicted octanol–water partition coefficient (Wildman–Crippen LogP) is 5.82. The van der Waals surface area contributed by atoms with Crippen molar-refractivity contribution in [3.05, 3.63) is 86.7 Å². The van der Waals surface area contributed by atoms with Gasteiger partial charge in [0.25, 0.3) is 5.91 Å². The van der Waals surface area contributed by atoms with Gasteiger partial charge in [0.15, 0.2) is 0 Å². The lowest BCUT2D eigenvalue weighted by Crippen LogP contribution is -2.36. The number of benzene rings is 2. The average molecular weight is 527 g/mol. The maximum absolute atomic E-state index is 13.5. The third-order valence-electron chi connectivity index (χ3n) is 9.28. The second-order valence-electron chi connectivity index (χ2n) is 11.5. The summed E-state index contributed by atoms with van der Waals surface area (Å²) in [6.45, 7) is 14.4. The van der Waals surface area contributed by atoms with E-state index in [0.717, 1.165) is 52.2 Å². The van der Waals surface area contributed by atoms with E-state index in [4.69, 9.17) is 0 Å². The first-order chi connectivity index (χ1) is 18.5. The smallest absolute Gasteiger partial charge is 0.303 e. The van der Waals surface area contributed by atoms with Gasteiger partial charge in [-0.2, -0.15) is 0 Å². The first-order valence-corrected chi connectivity index (χ1v) is 13.9. The number of carbonyl (C=O) groups is 2. The largest absolute Gasteiger partial charge is 0.481 e. The highest BCUT2D eigenvalue weighted by Gasteiger charge is 2.44. The van der Waals surface area contributed by atoms with Crippen LogP contribution in [0.25, 0.3) is 6.08 Å². The fourth-order valence-electron chi connectivity index (χ4n) is 6.34. The van der Waals surface area contributed by atoms with Crippen molar-refractivity contribution in [2.75, 3.05) is 6.54 Å². The van der Waals surface area contributed by atoms with Crippen molar-refractivity contribution in [2.24, 2.45) is 5.41 Å². The molecule has 0 bridgehead atoms. The fraction of sp³-hybridized carbons (Fsp3) is 0.438. The number of nitrogens with zero attached hydrogens (tertiary/aromatic N) is 4. The summed E-state index contributed by atoms with van der Waals surface area (Å²) in [5.74, 6) is -1.06. The van der Waals surface area contributed by atoms with Crippen LogP contribution in [-0.2, 0) is 24.3 Å². The van der Waals surface area contributed by atoms with Crippen molar-refractivity contribution in [3.8, 4) is 0 Å². The highest BCUT2D eigenvalue weighted by atomic mass is 16.4. The van der Waals surface area contributed by atoms with Gasteiger partial charge in [0.05, 0.1) is 17.8 Å². The minimum atomic E-state index is -0.829. The maximum atomic E-state index is 13.5. The Balaban J connectivity index is 1.47. The standard InChI is InChI=1S/C32H38N4O3/c1-7-36-28-10-12-32(6,22(5)30(28)33-34-36)27(17-29(37)38)24-9-8-23-11-13-35(18-26(23)16-24)31(39)25-14-19(2)21(4)20(3)15-25/h8-10,12,14-16,22,27H,7,11,13,17-18H2,1-6H3,(H,37,38)/t22?,27-,32?/m0/s1. The molecule has 7 heteroatoms. The molecule has 2 aromatic carbocycles. The highest BCUT2D eigenvalue weighted by Crippen LogP contribution is 2.52. The molecule has 1 amide bonds. The van der Waals surface area contributed by atoms with Crippen LogP contribution < -0.4 is 0 Å². The molecule has 2 heterocycles. The van der Waals surface area contributed by atoms with Crippen LogP contribution in [0.4, 0.5) is 0 Å². The molecule has 0 saturated heterocycles. The zero-order chi connectivity index (χ0) is 28.1. The van der Waals surface area contributed by atoms with Crippen molar-refractivity contribution in [1.82, 2.24) is 19.9 Å². The fourth-order valence-corrected chi connectivity index (χ4v) is 6.34. The summed E-state index contributed by atoms with van der Waals surface area (Å²) >= 11 is 0. The Kier molecular flexibility index (Phi) is 6.95. The minimum absolute atomic E-state index is 0.00573. The highest BCUT2D eigenvalue weighted by molar-refractivity contribution is 5.95. The van der Waals surface area contributed by atoms with E-state index in [-0.39, 0.29) is 24.2 Å². The molecule has 1 N–H and O–H groups in total. The van der Waals surface area contributed by atoms with Crippen LogP contribution in [0.15, 0.2) is 36.4 Å². The number of amides is 1. The van der Waals surface area contributed by atoms with Crippen LogP contribution in [0.5, 0.6) is 0 Å². The van der Waals surface area contributed by atoms with Crippen LogP contribution in [0.1, 0.15) is 94.2 Å². The first-order valence-electron chi connectivity index (χ1n) is 13.9. The lowest BCUT2D eigenvalue weighted by molar-refractivity contribution is -0.138. The molecular weight excluding hydrogens is 488 g/mol. The minimum Gasteiger partial charge on any atom is -0.481 e. The molecule has 0 saturated carbocycles. The molecule has 0 radical (unpaired) electrons. The summed E-state index contributed by atoms with van der Waals surface area (Å²) in [5.41, 5.74) is 8.94. The Morgan fingerprint density at radius 3 is 2.51 bits per heavy atom. The normalized spacial score (nSPS) is 20.9. The first kappa shape index (κ1) is 26.9. The Morgan fingerprint density at radius 1 is 1.13 bits per heavy atom. The average Bonchev–Trinajstić information content (AvgIpc) is 3.34. The number of carboxylic acids is 1. The maximum Gasteiger partial charge on any atom is 0.303 e. The molecule has 2 aliphatic rings. The van der Waals surface area contributed by atoms with E-state index >= 15 is 0 Å². The van der Waals surface area contributed by atoms with Gasteiger partial charge in [-0.05, 0) is 85.7 Å². The Labute approximate surface area is 230 Å². The zero-order valence-corrected chi connectivity index (χ0v) is 23.8. The Morgan fingerprint density at radius 2 is 1.85 bits per heavy atom. The van der Waals surface area contributed by atoms with Gasteiger partial charge in [0, 0.05) is 42.4 Å². The number of hydrogen-bond donors (Lipinski definition) is 1. The molecule has 1 aliphatic carbocycles. The number of hydrogen-bond acceptors (Lipinski definition) is 4. The third kappa shape index (κ3) is 4.68. The van der Waals surface area contributed by atoms with Gasteiger partial charge < -0.3 is 10.0 Å². The SMILES string of the molecule is CCn1nnc2c1C=CC(C)([C@@H](CC(=O)O)c1ccc3c(c1)CN(C(=O)c1cc(C)c(C)c(C)c1)CC3)C2C. The van der Waals surface area contributed by atoms with Crippen molar-refractivity contribution >= 4 is 18.0 Å². The summed E-state index contributed by atoms with van der Waals surface area (Å²) in [6, 6.07) is 10.3. The molecule has 7 nitrogen and oxygen atoms in total. The number of rotatable bonds is 6. The van der Waals surface area contributed by atoms with E-state index in [2.05, 4.69) is 61.4 Å². The van der Waals surface area contributed by atoms with Gasteiger partial charge in [-0.3, -0.25) is 9.59 Å². The summed E-state index contributed by atoms with van der Waals surface area (Å²) in [6.07, 6.45) is 5.00. The van der Waals surface area contributed by atoms with E-state index in [1.165, 1.54) is 11.1 Å². The molecule has 204 valence electrons. The molecule has 1 aliphatic heterocycles. The predicted molar refractivity (Wildman–Crippen MR) is 152 cm³/mol. The lowest BCUT2D eigenvalue weighted by atomic mass is 9.61. The van der Waals surface area contributed by atoms with E-state index < -0.39 is 11.4 Å². The molecule has 39 heavy (non-hydrogen) atoms. The van der Waals surface area contributed by atoms with Crippen molar-refractivity contribution in [2.45, 2.75) is 79.3 Å². The third-order valence-corrected chi connectivity index (χ3v) is 9.28. The number of carbonyl (C=O) groups excluding carboxylic acids is 1. The van der Waals surface area contributed by atoms with Crippen LogP contribution in [0, 0.1) is 26.2 Å². The van der Waals surface area contributed by atoms with E-state index in [1.807, 2.05) is 42.5 Å². The van der Waals surface area contributed by atoms with Crippen LogP contribution in [0.3, 0.4) is 0 Å². The van der Waals surface area contributed by atoms with E-state index in [1.54, 1.807) is 0 Å². The second kappa shape index (κ2) is 10.1. The molecule has 0 fully saturated rings. The topological polar surface area (TPSA) is 88.3 Å². The molecule has 1 aromatic heterocycles. The summed E-state index contributed by atoms with van der Waals surface area (Å²) in [7, 11) is 0. The van der Waals surface area contributed by atoms with Crippen molar-refractivity contribution in [3.63, 3.8) is 0 Å². The van der Waals surface area contributed by atoms with Crippen molar-refractivity contribution < 1.29 is 14.7 Å². The molecular formula is C32H38N4O3. The van der Waals surface area contributed by atoms with Crippen LogP contribution in [0.2, 0.25) is 0 Å². The second-order valence-corrected chi connectivity index (χ2v) is 11.5. The van der Waals surface area contributed by atoms with Gasteiger partial charge in [0.1, 0.15) is 0 Å². The van der Waals surface area contributed by atoms with Gasteiger partial charge in [-0.1, -0.05) is 43.3 Å². The lowest BCUT2D eigenvalue weighted by Gasteiger charge is -2.42. The Hall–Kier alpha value is -3.74. The van der Waals surface area contributed by atoms with Gasteiger partial charge in [-0.25, -0.2) is 4.68 Å². The van der Waals surface area contributed by atoms with Crippen molar-refractivity contribution in [1.29, 1.82) is 0 Å². The van der Waals surface area contributed by atoms with Gasteiger partial charge in [0.2, 0.25) is 0 Å². The van der Waals surface area contributed by atoms with Gasteiger partial charge in [-0.15, -0.1) is 5.10 Å². The molecule has 2 unspecified atom stereocenters. The molecule has 5 rings (SSSR count). The van der Waals surface area contributed by atoms with E-state index in [0.29, 0.717) is 13.1 Å². The number of aliphatic carboxylic acids is 1. The van der Waals surface area contributed by atoms with Gasteiger partial charge >= 0.3 is 5.97 Å².